The maximum Gasteiger partial charge on any atom is 0.457 e. The van der Waals surface area contributed by atoms with Crippen LogP contribution in [0.1, 0.15) is 87.5 Å². The zero-order chi connectivity index (χ0) is 22.8. The number of ether oxygens (including phenoxy) is 2. The van der Waals surface area contributed by atoms with Crippen LogP contribution in [0.25, 0.3) is 0 Å². The number of piperidine rings is 1. The summed E-state index contributed by atoms with van der Waals surface area (Å²) in [5, 5.41) is 0. The molecule has 1 amide bonds. The van der Waals surface area contributed by atoms with Crippen molar-refractivity contribution < 1.29 is 28.4 Å². The molecule has 8 heteroatoms. The molecule has 172 valence electrons. The highest BCUT2D eigenvalue weighted by molar-refractivity contribution is 6.45. The van der Waals surface area contributed by atoms with E-state index in [0.717, 1.165) is 32.0 Å². The predicted octanol–water partition coefficient (Wildman–Crippen LogP) is 4.58. The molecular formula is C22H40BNO6. The van der Waals surface area contributed by atoms with Gasteiger partial charge in [0.2, 0.25) is 0 Å². The largest absolute Gasteiger partial charge is 0.464 e. The average molecular weight is 425 g/mol. The highest BCUT2D eigenvalue weighted by Crippen LogP contribution is 2.38. The fourth-order valence-corrected chi connectivity index (χ4v) is 3.76. The summed E-state index contributed by atoms with van der Waals surface area (Å²) < 4.78 is 23.1. The normalized spacial score (nSPS) is 25.9. The topological polar surface area (TPSA) is 74.3 Å². The zero-order valence-electron chi connectivity index (χ0n) is 20.1. The number of likely N-dealkylation sites (tertiary alicyclic amines) is 1. The van der Waals surface area contributed by atoms with Crippen LogP contribution in [-0.2, 0) is 23.6 Å². The van der Waals surface area contributed by atoms with Crippen LogP contribution in [0.2, 0.25) is 6.32 Å². The van der Waals surface area contributed by atoms with E-state index in [9.17, 15) is 9.59 Å². The Morgan fingerprint density at radius 1 is 1.00 bits per heavy atom. The van der Waals surface area contributed by atoms with E-state index >= 15 is 0 Å². The molecule has 0 bridgehead atoms. The van der Waals surface area contributed by atoms with Crippen LogP contribution in [0, 0.1) is 0 Å². The van der Waals surface area contributed by atoms with Gasteiger partial charge in [-0.1, -0.05) is 6.42 Å². The summed E-state index contributed by atoms with van der Waals surface area (Å²) in [4.78, 5) is 27.0. The van der Waals surface area contributed by atoms with Crippen molar-refractivity contribution in [1.82, 2.24) is 4.90 Å². The molecule has 2 heterocycles. The lowest BCUT2D eigenvalue weighted by Gasteiger charge is -2.42. The van der Waals surface area contributed by atoms with Crippen molar-refractivity contribution in [2.45, 2.75) is 116 Å². The fraction of sp³-hybridized carbons (Fsp3) is 0.909. The molecule has 2 fully saturated rings. The van der Waals surface area contributed by atoms with Gasteiger partial charge >= 0.3 is 19.2 Å². The van der Waals surface area contributed by atoms with Crippen molar-refractivity contribution in [2.24, 2.45) is 0 Å². The molecule has 7 nitrogen and oxygen atoms in total. The molecule has 1 unspecified atom stereocenters. The second-order valence-electron chi connectivity index (χ2n) is 10.7. The molecule has 2 saturated heterocycles. The molecule has 2 aliphatic rings. The first-order valence-corrected chi connectivity index (χ1v) is 11.2. The van der Waals surface area contributed by atoms with Crippen LogP contribution in [0.5, 0.6) is 0 Å². The van der Waals surface area contributed by atoms with E-state index in [4.69, 9.17) is 18.8 Å². The van der Waals surface area contributed by atoms with Crippen LogP contribution >= 0.6 is 0 Å². The quantitative estimate of drug-likeness (QED) is 0.352. The number of rotatable bonds is 6. The van der Waals surface area contributed by atoms with E-state index in [1.807, 2.05) is 48.5 Å². The Morgan fingerprint density at radius 2 is 1.60 bits per heavy atom. The number of carbonyl (C=O) groups is 2. The van der Waals surface area contributed by atoms with Crippen LogP contribution in [0.3, 0.4) is 0 Å². The van der Waals surface area contributed by atoms with Gasteiger partial charge in [0.1, 0.15) is 11.1 Å². The van der Waals surface area contributed by atoms with Gasteiger partial charge in [-0.3, -0.25) is 4.90 Å². The van der Waals surface area contributed by atoms with Gasteiger partial charge in [-0.2, -0.15) is 0 Å². The third-order valence-corrected chi connectivity index (χ3v) is 6.31. The summed E-state index contributed by atoms with van der Waals surface area (Å²) in [6, 6.07) is 0. The van der Waals surface area contributed by atoms with Gasteiger partial charge in [-0.05, 0) is 87.4 Å². The van der Waals surface area contributed by atoms with Crippen molar-refractivity contribution in [3.05, 3.63) is 0 Å². The Kier molecular flexibility index (Phi) is 7.56. The third kappa shape index (κ3) is 5.91. The standard InChI is InChI=1S/C22H40BNO6/c1-19(2,3)28-18(26)24-15-11-9-13-22(24,8)17(25)27-16-12-10-14-23-29-20(4,5)21(6,7)30-23/h9-16H2,1-8H3. The minimum atomic E-state index is -0.980. The Labute approximate surface area is 182 Å². The van der Waals surface area contributed by atoms with E-state index in [2.05, 4.69) is 0 Å². The van der Waals surface area contributed by atoms with Gasteiger partial charge in [0.25, 0.3) is 0 Å². The van der Waals surface area contributed by atoms with Gasteiger partial charge in [-0.25, -0.2) is 9.59 Å². The van der Waals surface area contributed by atoms with Gasteiger partial charge < -0.3 is 18.8 Å². The predicted molar refractivity (Wildman–Crippen MR) is 116 cm³/mol. The van der Waals surface area contributed by atoms with Gasteiger partial charge in [-0.15, -0.1) is 0 Å². The maximum absolute atomic E-state index is 12.9. The lowest BCUT2D eigenvalue weighted by atomic mass is 9.82. The molecule has 0 aromatic carbocycles. The monoisotopic (exact) mass is 425 g/mol. The Bertz CT molecular complexity index is 614. The van der Waals surface area contributed by atoms with Crippen LogP contribution in [-0.4, -0.2) is 59.6 Å². The van der Waals surface area contributed by atoms with E-state index in [-0.39, 0.29) is 24.3 Å². The Morgan fingerprint density at radius 3 is 2.17 bits per heavy atom. The van der Waals surface area contributed by atoms with Crippen molar-refractivity contribution >= 4 is 19.2 Å². The molecule has 0 radical (unpaired) electrons. The molecule has 0 aliphatic carbocycles. The van der Waals surface area contributed by atoms with Gasteiger partial charge in [0.05, 0.1) is 17.8 Å². The number of carbonyl (C=O) groups excluding carboxylic acids is 2. The molecule has 2 aliphatic heterocycles. The lowest BCUT2D eigenvalue weighted by molar-refractivity contribution is -0.159. The van der Waals surface area contributed by atoms with E-state index < -0.39 is 17.2 Å². The van der Waals surface area contributed by atoms with Crippen molar-refractivity contribution in [3.63, 3.8) is 0 Å². The van der Waals surface area contributed by atoms with Gasteiger partial charge in [0.15, 0.2) is 0 Å². The third-order valence-electron chi connectivity index (χ3n) is 6.31. The number of nitrogens with zero attached hydrogens (tertiary/aromatic N) is 1. The molecule has 0 spiro atoms. The molecule has 0 aromatic rings. The lowest BCUT2D eigenvalue weighted by Crippen LogP contribution is -2.59. The number of esters is 1. The van der Waals surface area contributed by atoms with Crippen molar-refractivity contribution in [2.75, 3.05) is 13.2 Å². The van der Waals surface area contributed by atoms with Crippen molar-refractivity contribution in [1.29, 1.82) is 0 Å². The average Bonchev–Trinajstić information content (AvgIpc) is 2.80. The molecule has 1 atom stereocenters. The van der Waals surface area contributed by atoms with E-state index in [1.54, 1.807) is 6.92 Å². The smallest absolute Gasteiger partial charge is 0.457 e. The van der Waals surface area contributed by atoms with Crippen molar-refractivity contribution in [3.8, 4) is 0 Å². The number of amides is 1. The highest BCUT2D eigenvalue weighted by atomic mass is 16.7. The minimum absolute atomic E-state index is 0.232. The second-order valence-corrected chi connectivity index (χ2v) is 10.7. The summed E-state index contributed by atoms with van der Waals surface area (Å²) >= 11 is 0. The maximum atomic E-state index is 12.9. The first-order chi connectivity index (χ1) is 13.7. The number of hydrogen-bond acceptors (Lipinski definition) is 6. The molecular weight excluding hydrogens is 385 g/mol. The molecule has 0 saturated carbocycles. The first-order valence-electron chi connectivity index (χ1n) is 11.2. The minimum Gasteiger partial charge on any atom is -0.464 e. The fourth-order valence-electron chi connectivity index (χ4n) is 3.76. The summed E-state index contributed by atoms with van der Waals surface area (Å²) in [6.45, 7) is 16.2. The number of hydrogen-bond donors (Lipinski definition) is 0. The Hall–Kier alpha value is -1.28. The van der Waals surface area contributed by atoms with Gasteiger partial charge in [0, 0.05) is 6.54 Å². The summed E-state index contributed by atoms with van der Waals surface area (Å²) in [6.07, 6.45) is 4.17. The van der Waals surface area contributed by atoms with Crippen LogP contribution < -0.4 is 0 Å². The Balaban J connectivity index is 1.81. The summed E-state index contributed by atoms with van der Waals surface area (Å²) in [5.41, 5.74) is -2.24. The van der Waals surface area contributed by atoms with E-state index in [0.29, 0.717) is 19.6 Å². The highest BCUT2D eigenvalue weighted by Gasteiger charge is 2.50. The number of unbranched alkanes of at least 4 members (excludes halogenated alkanes) is 1. The SMILES string of the molecule is CC(C)(C)OC(=O)N1CCCCC1(C)C(=O)OCCCCB1OC(C)(C)C(C)(C)O1. The zero-order valence-corrected chi connectivity index (χ0v) is 20.1. The molecule has 2 rings (SSSR count). The second kappa shape index (κ2) is 9.07. The summed E-state index contributed by atoms with van der Waals surface area (Å²) in [5.74, 6) is -0.358. The molecule has 0 aromatic heterocycles. The first kappa shape index (κ1) is 25.0. The van der Waals surface area contributed by atoms with Crippen LogP contribution in [0.4, 0.5) is 4.79 Å². The molecule has 30 heavy (non-hydrogen) atoms. The van der Waals surface area contributed by atoms with Crippen LogP contribution in [0.15, 0.2) is 0 Å². The molecule has 0 N–H and O–H groups in total. The van der Waals surface area contributed by atoms with E-state index in [1.165, 1.54) is 4.90 Å². The summed E-state index contributed by atoms with van der Waals surface area (Å²) in [7, 11) is -0.232.